The Morgan fingerprint density at radius 1 is 1.67 bits per heavy atom. The lowest BCUT2D eigenvalue weighted by Crippen LogP contribution is -2.43. The van der Waals surface area contributed by atoms with E-state index in [0.29, 0.717) is 0 Å². The van der Waals surface area contributed by atoms with E-state index in [1.165, 1.54) is 0 Å². The molecule has 0 aliphatic carbocycles. The molecule has 0 aromatic rings. The van der Waals surface area contributed by atoms with Gasteiger partial charge in [0, 0.05) is 0 Å². The maximum absolute atomic E-state index is 10.8. The molecule has 0 heterocycles. The van der Waals surface area contributed by atoms with E-state index in [-0.39, 0.29) is 18.4 Å². The van der Waals surface area contributed by atoms with Gasteiger partial charge in [-0.2, -0.15) is 0 Å². The van der Waals surface area contributed by atoms with E-state index in [0.717, 1.165) is 6.42 Å². The molecule has 0 aromatic heterocycles. The molecule has 0 saturated carbocycles. The van der Waals surface area contributed by atoms with Gasteiger partial charge in [0.25, 0.3) is 0 Å². The number of hydrogen-bond donors (Lipinski definition) is 2. The van der Waals surface area contributed by atoms with Crippen molar-refractivity contribution in [1.82, 2.24) is 5.32 Å². The van der Waals surface area contributed by atoms with Crippen molar-refractivity contribution in [3.05, 3.63) is 0 Å². The molecule has 0 aromatic carbocycles. The van der Waals surface area contributed by atoms with Crippen molar-refractivity contribution in [2.24, 2.45) is 11.7 Å². The first-order valence-electron chi connectivity index (χ1n) is 4.02. The van der Waals surface area contributed by atoms with E-state index >= 15 is 0 Å². The van der Waals surface area contributed by atoms with E-state index in [9.17, 15) is 9.59 Å². The molecule has 0 fully saturated rings. The molecule has 0 rings (SSSR count). The Labute approximate surface area is 72.5 Å². The molecule has 3 N–H and O–H groups in total. The molecule has 0 aliphatic heterocycles. The molecule has 2 unspecified atom stereocenters. The lowest BCUT2D eigenvalue weighted by atomic mass is 10.0. The fraction of sp³-hybridized carbons (Fsp3) is 0.750. The molecular weight excluding hydrogens is 156 g/mol. The quantitative estimate of drug-likeness (QED) is 0.590. The highest BCUT2D eigenvalue weighted by atomic mass is 16.2. The molecule has 0 bridgehead atoms. The normalized spacial score (nSPS) is 14.9. The zero-order chi connectivity index (χ0) is 9.56. The summed E-state index contributed by atoms with van der Waals surface area (Å²) in [4.78, 5) is 21.2. The van der Waals surface area contributed by atoms with Crippen molar-refractivity contribution in [2.75, 3.05) is 6.54 Å². The third-order valence-corrected chi connectivity index (χ3v) is 1.84. The van der Waals surface area contributed by atoms with Crippen LogP contribution >= 0.6 is 0 Å². The van der Waals surface area contributed by atoms with Crippen LogP contribution in [0.5, 0.6) is 0 Å². The van der Waals surface area contributed by atoms with Crippen molar-refractivity contribution in [1.29, 1.82) is 0 Å². The molecule has 1 amide bonds. The van der Waals surface area contributed by atoms with Gasteiger partial charge in [-0.15, -0.1) is 0 Å². The summed E-state index contributed by atoms with van der Waals surface area (Å²) in [6.07, 6.45) is 2.60. The summed E-state index contributed by atoms with van der Waals surface area (Å²) in [5.41, 5.74) is 5.07. The summed E-state index contributed by atoms with van der Waals surface area (Å²) < 4.78 is 0. The summed E-state index contributed by atoms with van der Waals surface area (Å²) in [5.74, 6) is -0.207. The molecule has 1 radical (unpaired) electrons. The minimum atomic E-state index is -0.522. The SMILES string of the molecule is CCC(C)C([C]=O)NC(=O)CN. The second kappa shape index (κ2) is 5.71. The molecule has 12 heavy (non-hydrogen) atoms. The van der Waals surface area contributed by atoms with Crippen molar-refractivity contribution in [3.63, 3.8) is 0 Å². The summed E-state index contributed by atoms with van der Waals surface area (Å²) in [6, 6.07) is -0.522. The number of amides is 1. The van der Waals surface area contributed by atoms with Crippen LogP contribution in [0.1, 0.15) is 20.3 Å². The van der Waals surface area contributed by atoms with Crippen molar-refractivity contribution >= 4 is 12.2 Å². The summed E-state index contributed by atoms with van der Waals surface area (Å²) >= 11 is 0. The first kappa shape index (κ1) is 11.1. The van der Waals surface area contributed by atoms with Gasteiger partial charge < -0.3 is 11.1 Å². The zero-order valence-corrected chi connectivity index (χ0v) is 7.46. The predicted octanol–water partition coefficient (Wildman–Crippen LogP) is -0.414. The number of nitrogens with two attached hydrogens (primary N) is 1. The summed E-state index contributed by atoms with van der Waals surface area (Å²) in [7, 11) is 0. The lowest BCUT2D eigenvalue weighted by Gasteiger charge is -2.16. The minimum Gasteiger partial charge on any atom is -0.344 e. The van der Waals surface area contributed by atoms with E-state index in [4.69, 9.17) is 5.73 Å². The monoisotopic (exact) mass is 171 g/mol. The number of carbonyl (C=O) groups is 1. The Hall–Kier alpha value is -0.900. The highest BCUT2D eigenvalue weighted by molar-refractivity contribution is 5.81. The van der Waals surface area contributed by atoms with Gasteiger partial charge in [0.1, 0.15) is 0 Å². The molecule has 2 atom stereocenters. The van der Waals surface area contributed by atoms with E-state index in [1.54, 1.807) is 6.29 Å². The van der Waals surface area contributed by atoms with Gasteiger partial charge in [0.15, 0.2) is 0 Å². The molecule has 4 nitrogen and oxygen atoms in total. The maximum atomic E-state index is 10.8. The van der Waals surface area contributed by atoms with Crippen LogP contribution < -0.4 is 11.1 Å². The van der Waals surface area contributed by atoms with Gasteiger partial charge in [0.05, 0.1) is 12.6 Å². The average molecular weight is 171 g/mol. The van der Waals surface area contributed by atoms with Crippen LogP contribution in [-0.2, 0) is 9.59 Å². The van der Waals surface area contributed by atoms with Crippen molar-refractivity contribution in [3.8, 4) is 0 Å². The second-order valence-corrected chi connectivity index (χ2v) is 2.75. The Kier molecular flexibility index (Phi) is 5.28. The number of nitrogens with one attached hydrogen (secondary N) is 1. The van der Waals surface area contributed by atoms with Crippen LogP contribution in [0.2, 0.25) is 0 Å². The van der Waals surface area contributed by atoms with Gasteiger partial charge in [-0.3, -0.25) is 9.59 Å². The highest BCUT2D eigenvalue weighted by Gasteiger charge is 2.16. The number of carbonyl (C=O) groups excluding carboxylic acids is 2. The fourth-order valence-corrected chi connectivity index (χ4v) is 0.756. The van der Waals surface area contributed by atoms with Crippen LogP contribution in [-0.4, -0.2) is 24.8 Å². The Balaban J connectivity index is 3.98. The average Bonchev–Trinajstić information content (AvgIpc) is 2.12. The van der Waals surface area contributed by atoms with Gasteiger partial charge in [-0.1, -0.05) is 20.3 Å². The topological polar surface area (TPSA) is 72.2 Å². The minimum absolute atomic E-state index is 0.0887. The first-order chi connectivity index (χ1) is 5.65. The zero-order valence-electron chi connectivity index (χ0n) is 7.46. The van der Waals surface area contributed by atoms with Crippen LogP contribution in [0, 0.1) is 5.92 Å². The largest absolute Gasteiger partial charge is 0.344 e. The Morgan fingerprint density at radius 2 is 2.25 bits per heavy atom. The number of rotatable bonds is 5. The van der Waals surface area contributed by atoms with Crippen LogP contribution in [0.3, 0.4) is 0 Å². The number of hydrogen-bond acceptors (Lipinski definition) is 3. The molecule has 69 valence electrons. The third-order valence-electron chi connectivity index (χ3n) is 1.84. The standard InChI is InChI=1S/C8H15N2O2/c1-3-6(2)7(5-11)10-8(12)4-9/h6-7H,3-4,9H2,1-2H3,(H,10,12). The van der Waals surface area contributed by atoms with Crippen molar-refractivity contribution in [2.45, 2.75) is 26.3 Å². The predicted molar refractivity (Wildman–Crippen MR) is 46.1 cm³/mol. The highest BCUT2D eigenvalue weighted by Crippen LogP contribution is 2.04. The Bertz CT molecular complexity index is 159. The third kappa shape index (κ3) is 3.48. The fourth-order valence-electron chi connectivity index (χ4n) is 0.756. The van der Waals surface area contributed by atoms with E-state index in [2.05, 4.69) is 5.32 Å². The van der Waals surface area contributed by atoms with Crippen LogP contribution in [0.25, 0.3) is 0 Å². The van der Waals surface area contributed by atoms with Gasteiger partial charge in [-0.25, -0.2) is 0 Å². The van der Waals surface area contributed by atoms with Gasteiger partial charge >= 0.3 is 0 Å². The second-order valence-electron chi connectivity index (χ2n) is 2.75. The Morgan fingerprint density at radius 3 is 2.58 bits per heavy atom. The van der Waals surface area contributed by atoms with Gasteiger partial charge in [-0.05, 0) is 5.92 Å². The first-order valence-corrected chi connectivity index (χ1v) is 4.02. The maximum Gasteiger partial charge on any atom is 0.234 e. The van der Waals surface area contributed by atoms with Crippen molar-refractivity contribution < 1.29 is 9.59 Å². The molecular formula is C8H15N2O2. The van der Waals surface area contributed by atoms with E-state index < -0.39 is 6.04 Å². The summed E-state index contributed by atoms with van der Waals surface area (Å²) in [5, 5.41) is 2.48. The molecule has 0 spiro atoms. The summed E-state index contributed by atoms with van der Waals surface area (Å²) in [6.45, 7) is 3.74. The molecule has 4 heteroatoms. The smallest absolute Gasteiger partial charge is 0.234 e. The van der Waals surface area contributed by atoms with Crippen LogP contribution in [0.15, 0.2) is 0 Å². The van der Waals surface area contributed by atoms with Gasteiger partial charge in [0.2, 0.25) is 12.2 Å². The molecule has 0 aliphatic rings. The molecule has 0 saturated heterocycles. The van der Waals surface area contributed by atoms with Crippen LogP contribution in [0.4, 0.5) is 0 Å². The lowest BCUT2D eigenvalue weighted by molar-refractivity contribution is -0.120. The van der Waals surface area contributed by atoms with E-state index in [1.807, 2.05) is 13.8 Å².